The largest absolute Gasteiger partial charge is 0.545 e. The number of unbranched alkanes of at least 4 members (excludes halogenated alkanes) is 14. The van der Waals surface area contributed by atoms with Crippen molar-refractivity contribution >= 4 is 17.9 Å². The van der Waals surface area contributed by atoms with E-state index < -0.39 is 24.3 Å². The quantitative estimate of drug-likeness (QED) is 0.0195. The molecule has 0 rings (SSSR count). The maximum Gasteiger partial charge on any atom is 0.306 e. The number of esters is 2. The fourth-order valence-electron chi connectivity index (χ4n) is 9.71. The molecule has 0 bridgehead atoms. The second-order valence-corrected chi connectivity index (χ2v) is 26.2. The van der Waals surface area contributed by atoms with Gasteiger partial charge in [0.05, 0.1) is 40.3 Å². The number of hydrogen-bond acceptors (Lipinski definition) is 8. The van der Waals surface area contributed by atoms with E-state index in [0.29, 0.717) is 17.4 Å². The van der Waals surface area contributed by atoms with Gasteiger partial charge in [-0.3, -0.25) is 9.59 Å². The van der Waals surface area contributed by atoms with Crippen molar-refractivity contribution in [2.45, 2.75) is 270 Å². The summed E-state index contributed by atoms with van der Waals surface area (Å²) in [6.07, 6.45) is 124. The van der Waals surface area contributed by atoms with E-state index in [4.69, 9.17) is 18.9 Å². The highest BCUT2D eigenvalue weighted by Gasteiger charge is 2.22. The van der Waals surface area contributed by atoms with Gasteiger partial charge in [0.2, 0.25) is 0 Å². The third-order valence-corrected chi connectivity index (χ3v) is 15.6. The van der Waals surface area contributed by atoms with Crippen LogP contribution in [-0.4, -0.2) is 82.3 Å². The first-order valence-electron chi connectivity index (χ1n) is 39.2. The van der Waals surface area contributed by atoms with Crippen LogP contribution in [0.3, 0.4) is 0 Å². The second-order valence-electron chi connectivity index (χ2n) is 26.2. The van der Waals surface area contributed by atoms with Crippen molar-refractivity contribution in [1.29, 1.82) is 0 Å². The van der Waals surface area contributed by atoms with E-state index in [2.05, 4.69) is 257 Å². The minimum absolute atomic E-state index is 0.128. The molecule has 101 heavy (non-hydrogen) atoms. The predicted octanol–water partition coefficient (Wildman–Crippen LogP) is 24.2. The first kappa shape index (κ1) is 94.1. The van der Waals surface area contributed by atoms with Gasteiger partial charge in [0.1, 0.15) is 13.2 Å². The van der Waals surface area contributed by atoms with Gasteiger partial charge in [-0.2, -0.15) is 0 Å². The predicted molar refractivity (Wildman–Crippen MR) is 434 cm³/mol. The number of hydrogen-bond donors (Lipinski definition) is 0. The summed E-state index contributed by atoms with van der Waals surface area (Å²) in [7, 11) is 5.90. The fourth-order valence-corrected chi connectivity index (χ4v) is 9.71. The molecule has 0 N–H and O–H groups in total. The van der Waals surface area contributed by atoms with E-state index in [9.17, 15) is 19.5 Å². The number of carbonyl (C=O) groups excluding carboxylic acids is 3. The van der Waals surface area contributed by atoms with E-state index >= 15 is 0 Å². The number of allylic oxidation sites excluding steroid dienone is 40. The Bertz CT molecular complexity index is 2570. The highest BCUT2D eigenvalue weighted by molar-refractivity contribution is 5.70. The number of ether oxygens (including phenoxy) is 4. The van der Waals surface area contributed by atoms with E-state index in [1.54, 1.807) is 0 Å². The Morgan fingerprint density at radius 1 is 0.297 bits per heavy atom. The van der Waals surface area contributed by atoms with E-state index in [1.807, 2.05) is 21.1 Å². The molecule has 0 fully saturated rings. The van der Waals surface area contributed by atoms with E-state index in [-0.39, 0.29) is 38.6 Å². The third-order valence-electron chi connectivity index (χ3n) is 15.6. The zero-order valence-corrected chi connectivity index (χ0v) is 64.2. The van der Waals surface area contributed by atoms with Crippen molar-refractivity contribution in [3.05, 3.63) is 243 Å². The van der Waals surface area contributed by atoms with E-state index in [0.717, 1.165) is 186 Å². The number of carbonyl (C=O) groups is 3. The average Bonchev–Trinajstić information content (AvgIpc) is 1.21. The van der Waals surface area contributed by atoms with E-state index in [1.165, 1.54) is 38.5 Å². The van der Waals surface area contributed by atoms with Crippen LogP contribution < -0.4 is 5.11 Å². The SMILES string of the molecule is CC/C=C\C/C=C\C/C=C\C/C=C\C/C=C\C/C=C\C/C=C\C/C=C\C/C=C\C/C=C\C/C=C\C/C=C\CCCCCCC(=O)OC(COC(=O)CCCCCCCCCCCC/C=C\C/C=C\C/C=C\C/C=C\C/C=C\C/C=C\C/C=C\C/C=C\CC)COC(OCC[N+](C)(C)C)C(=O)[O-]. The number of quaternary nitrogens is 1. The molecular weight excluding hydrogens is 1250 g/mol. The average molecular weight is 1390 g/mol. The Morgan fingerprint density at radius 3 is 0.792 bits per heavy atom. The smallest absolute Gasteiger partial charge is 0.306 e. The molecule has 9 nitrogen and oxygen atoms in total. The molecule has 0 aromatic carbocycles. The van der Waals surface area contributed by atoms with Crippen LogP contribution in [0.25, 0.3) is 0 Å². The van der Waals surface area contributed by atoms with Crippen LogP contribution in [0.15, 0.2) is 243 Å². The maximum absolute atomic E-state index is 13.0. The number of carboxylic acid groups (broad SMARTS) is 1. The Labute approximate surface area is 618 Å². The van der Waals surface area contributed by atoms with Crippen molar-refractivity contribution < 1.29 is 42.9 Å². The van der Waals surface area contributed by atoms with Crippen molar-refractivity contribution in [1.82, 2.24) is 0 Å². The van der Waals surface area contributed by atoms with Gasteiger partial charge in [-0.25, -0.2) is 0 Å². The molecule has 0 aromatic heterocycles. The summed E-state index contributed by atoms with van der Waals surface area (Å²) in [4.78, 5) is 37.6. The Hall–Kier alpha value is -6.91. The minimum Gasteiger partial charge on any atom is -0.545 e. The van der Waals surface area contributed by atoms with Crippen LogP contribution in [0.1, 0.15) is 258 Å². The number of nitrogens with zero attached hydrogens (tertiary/aromatic N) is 1. The Kier molecular flexibility index (Phi) is 73.4. The molecule has 2 unspecified atom stereocenters. The monoisotopic (exact) mass is 1390 g/mol. The lowest BCUT2D eigenvalue weighted by Crippen LogP contribution is -2.44. The van der Waals surface area contributed by atoms with Crippen LogP contribution >= 0.6 is 0 Å². The minimum atomic E-state index is -1.65. The number of aliphatic carboxylic acids is 1. The Morgan fingerprint density at radius 2 is 0.535 bits per heavy atom. The molecule has 2 atom stereocenters. The molecule has 0 aliphatic heterocycles. The van der Waals surface area contributed by atoms with Crippen molar-refractivity contribution in [2.75, 3.05) is 47.5 Å². The molecule has 0 saturated heterocycles. The van der Waals surface area contributed by atoms with Gasteiger partial charge in [0.25, 0.3) is 0 Å². The molecule has 0 aliphatic rings. The summed E-state index contributed by atoms with van der Waals surface area (Å²) in [5, 5.41) is 11.9. The summed E-state index contributed by atoms with van der Waals surface area (Å²) in [6, 6.07) is 0. The van der Waals surface area contributed by atoms with Crippen LogP contribution in [0.5, 0.6) is 0 Å². The molecule has 0 radical (unpaired) electrons. The van der Waals surface area contributed by atoms with Gasteiger partial charge < -0.3 is 33.3 Å². The maximum atomic E-state index is 13.0. The van der Waals surface area contributed by atoms with Crippen LogP contribution in [0.2, 0.25) is 0 Å². The first-order valence-corrected chi connectivity index (χ1v) is 39.2. The topological polar surface area (TPSA) is 111 Å². The Balaban J connectivity index is 4.24. The second kappa shape index (κ2) is 78.8. The molecule has 9 heteroatoms. The normalized spacial score (nSPS) is 14.0. The summed E-state index contributed by atoms with van der Waals surface area (Å²) in [5.74, 6) is -2.35. The van der Waals surface area contributed by atoms with Gasteiger partial charge >= 0.3 is 11.9 Å². The number of likely N-dealkylation sites (N-methyl/N-ethyl adjacent to an activating group) is 1. The standard InChI is InChI=1S/C92H141NO8/c1-6-8-10-12-14-16-18-20-22-24-26-28-30-32-34-36-38-40-42-43-44-45-46-47-49-51-53-55-57-59-61-63-65-67-69-71-73-75-77-79-81-83-90(95)101-88(87-100-92(91(96)97)98-85-84-93(3,4)5)86-99-89(94)82-80-78-76-74-72-70-68-66-64-62-60-58-56-54-52-50-48-41-39-37-35-33-31-29-27-25-23-21-19-17-15-13-11-9-7-2/h8-11,14-17,20-23,26-29,32-35,38-41,43-44,46-47,50-53,56-59,63,65,69,71,88,92H,6-7,12-13,18-19,24-25,30-31,36-37,42,45,48-49,54-55,60-62,64,66-68,70,72-87H2,1-5H3/b10-8-,11-9-,16-14-,17-15-,22-20-,23-21-,28-26-,29-27-,34-32-,35-33-,40-38-,41-39-,44-43-,47-46-,52-50-,53-51-,58-56-,59-57-,65-63-,71-69-. The van der Waals surface area contributed by atoms with Gasteiger partial charge in [-0.05, 0) is 167 Å². The highest BCUT2D eigenvalue weighted by Crippen LogP contribution is 2.15. The van der Waals surface area contributed by atoms with Crippen molar-refractivity contribution in [2.24, 2.45) is 0 Å². The molecule has 0 amide bonds. The van der Waals surface area contributed by atoms with Gasteiger partial charge in [0, 0.05) is 12.8 Å². The zero-order valence-electron chi connectivity index (χ0n) is 64.2. The van der Waals surface area contributed by atoms with Gasteiger partial charge in [-0.15, -0.1) is 0 Å². The lowest BCUT2D eigenvalue weighted by atomic mass is 10.1. The van der Waals surface area contributed by atoms with Crippen LogP contribution in [0, 0.1) is 0 Å². The summed E-state index contributed by atoms with van der Waals surface area (Å²) < 4.78 is 22.8. The fraction of sp³-hybridized carbons (Fsp3) is 0.533. The molecule has 562 valence electrons. The molecular formula is C92H141NO8. The summed E-state index contributed by atoms with van der Waals surface area (Å²) in [5.41, 5.74) is 0. The molecule has 0 saturated carbocycles. The summed E-state index contributed by atoms with van der Waals surface area (Å²) in [6.45, 7) is 4.45. The van der Waals surface area contributed by atoms with Crippen molar-refractivity contribution in [3.8, 4) is 0 Å². The third kappa shape index (κ3) is 80.3. The lowest BCUT2D eigenvalue weighted by Gasteiger charge is -2.26. The van der Waals surface area contributed by atoms with Crippen LogP contribution in [-0.2, 0) is 33.3 Å². The first-order chi connectivity index (χ1) is 49.6. The highest BCUT2D eigenvalue weighted by atomic mass is 16.7. The summed E-state index contributed by atoms with van der Waals surface area (Å²) >= 11 is 0. The van der Waals surface area contributed by atoms with Crippen LogP contribution in [0.4, 0.5) is 0 Å². The lowest BCUT2D eigenvalue weighted by molar-refractivity contribution is -0.870. The van der Waals surface area contributed by atoms with Gasteiger partial charge in [0.15, 0.2) is 12.4 Å². The zero-order chi connectivity index (χ0) is 73.2. The number of rotatable bonds is 69. The van der Waals surface area contributed by atoms with Crippen molar-refractivity contribution in [3.63, 3.8) is 0 Å². The van der Waals surface area contributed by atoms with Gasteiger partial charge in [-0.1, -0.05) is 321 Å². The molecule has 0 aromatic rings. The molecule has 0 aliphatic carbocycles. The molecule has 0 spiro atoms. The molecule has 0 heterocycles. The number of carboxylic acids is 1.